The summed E-state index contributed by atoms with van der Waals surface area (Å²) in [6.07, 6.45) is -0.305. The number of aliphatic hydroxyl groups excluding tert-OH is 1. The Kier molecular flexibility index (Phi) is 3.98. The zero-order chi connectivity index (χ0) is 12.3. The number of hydrogen-bond acceptors (Lipinski definition) is 2. The molecule has 0 aliphatic rings. The van der Waals surface area contributed by atoms with E-state index in [1.54, 1.807) is 0 Å². The van der Waals surface area contributed by atoms with Crippen LogP contribution in [0.4, 0.5) is 5.69 Å². The predicted octanol–water partition coefficient (Wildman–Crippen LogP) is 2.84. The lowest BCUT2D eigenvalue weighted by molar-refractivity contribution is 0.0718. The first-order valence-electron chi connectivity index (χ1n) is 5.79. The molecule has 0 saturated heterocycles. The van der Waals surface area contributed by atoms with Gasteiger partial charge in [0.15, 0.2) is 0 Å². The highest BCUT2D eigenvalue weighted by Gasteiger charge is 2.25. The Labute approximate surface area is 98.9 Å². The number of anilines is 1. The fourth-order valence-electron chi connectivity index (χ4n) is 1.63. The molecular weight excluding hydrogens is 198 g/mol. The van der Waals surface area contributed by atoms with Gasteiger partial charge in [-0.3, -0.25) is 0 Å². The van der Waals surface area contributed by atoms with E-state index in [0.29, 0.717) is 0 Å². The lowest BCUT2D eigenvalue weighted by atomic mass is 9.87. The highest BCUT2D eigenvalue weighted by Crippen LogP contribution is 2.24. The van der Waals surface area contributed by atoms with E-state index < -0.39 is 0 Å². The summed E-state index contributed by atoms with van der Waals surface area (Å²) < 4.78 is 0. The van der Waals surface area contributed by atoms with Crippen LogP contribution in [0.5, 0.6) is 0 Å². The molecule has 1 aromatic rings. The van der Waals surface area contributed by atoms with Gasteiger partial charge in [0.2, 0.25) is 0 Å². The number of aliphatic hydroxyl groups is 1. The Bertz CT molecular complexity index is 327. The van der Waals surface area contributed by atoms with Gasteiger partial charge in [-0.05, 0) is 26.0 Å². The molecule has 0 amide bonds. The fourth-order valence-corrected chi connectivity index (χ4v) is 1.63. The minimum atomic E-state index is -0.305. The second kappa shape index (κ2) is 4.88. The molecule has 2 heteroatoms. The van der Waals surface area contributed by atoms with E-state index in [1.807, 2.05) is 6.92 Å². The molecule has 0 bridgehead atoms. The first-order valence-corrected chi connectivity index (χ1v) is 5.79. The Morgan fingerprint density at radius 1 is 1.25 bits per heavy atom. The van der Waals surface area contributed by atoms with Crippen LogP contribution in [0.15, 0.2) is 24.3 Å². The van der Waals surface area contributed by atoms with Gasteiger partial charge in [0.1, 0.15) is 0 Å². The van der Waals surface area contributed by atoms with Crippen molar-refractivity contribution in [2.75, 3.05) is 18.5 Å². The third-order valence-electron chi connectivity index (χ3n) is 3.25. The molecule has 0 heterocycles. The van der Waals surface area contributed by atoms with Gasteiger partial charge in [-0.25, -0.2) is 0 Å². The molecule has 0 aromatic heterocycles. The summed E-state index contributed by atoms with van der Waals surface area (Å²) in [7, 11) is 2.06. The molecule has 0 fully saturated rings. The maximum atomic E-state index is 9.69. The van der Waals surface area contributed by atoms with Crippen molar-refractivity contribution in [3.8, 4) is 0 Å². The molecule has 0 spiro atoms. The van der Waals surface area contributed by atoms with Gasteiger partial charge in [0, 0.05) is 24.7 Å². The molecule has 1 rings (SSSR count). The van der Waals surface area contributed by atoms with Crippen molar-refractivity contribution in [1.82, 2.24) is 0 Å². The smallest absolute Gasteiger partial charge is 0.0579 e. The van der Waals surface area contributed by atoms with Gasteiger partial charge in [0.25, 0.3) is 0 Å². The Morgan fingerprint density at radius 2 is 1.75 bits per heavy atom. The molecule has 0 aliphatic carbocycles. The average Bonchev–Trinajstić information content (AvgIpc) is 2.17. The molecule has 0 aliphatic heterocycles. The molecule has 1 atom stereocenters. The summed E-state index contributed by atoms with van der Waals surface area (Å²) >= 11 is 0. The number of aryl methyl sites for hydroxylation is 1. The van der Waals surface area contributed by atoms with Gasteiger partial charge >= 0.3 is 0 Å². The minimum Gasteiger partial charge on any atom is -0.393 e. The lowest BCUT2D eigenvalue weighted by Crippen LogP contribution is -2.38. The van der Waals surface area contributed by atoms with Crippen LogP contribution in [0.25, 0.3) is 0 Å². The van der Waals surface area contributed by atoms with Crippen molar-refractivity contribution in [2.45, 2.75) is 33.8 Å². The van der Waals surface area contributed by atoms with Crippen LogP contribution in [0.3, 0.4) is 0 Å². The van der Waals surface area contributed by atoms with E-state index in [1.165, 1.54) is 11.3 Å². The number of nitrogens with zero attached hydrogens (tertiary/aromatic N) is 1. The summed E-state index contributed by atoms with van der Waals surface area (Å²) in [5, 5.41) is 9.69. The molecule has 90 valence electrons. The predicted molar refractivity (Wildman–Crippen MR) is 69.9 cm³/mol. The summed E-state index contributed by atoms with van der Waals surface area (Å²) in [5.74, 6) is 0. The van der Waals surface area contributed by atoms with Crippen LogP contribution >= 0.6 is 0 Å². The van der Waals surface area contributed by atoms with Gasteiger partial charge in [-0.15, -0.1) is 0 Å². The summed E-state index contributed by atoms with van der Waals surface area (Å²) in [6.45, 7) is 8.95. The highest BCUT2D eigenvalue weighted by atomic mass is 16.3. The van der Waals surface area contributed by atoms with E-state index in [0.717, 1.165) is 6.54 Å². The third kappa shape index (κ3) is 3.24. The van der Waals surface area contributed by atoms with E-state index in [-0.39, 0.29) is 11.5 Å². The molecule has 1 unspecified atom stereocenters. The van der Waals surface area contributed by atoms with Crippen LogP contribution in [0, 0.1) is 12.3 Å². The van der Waals surface area contributed by atoms with Crippen LogP contribution in [0.2, 0.25) is 0 Å². The highest BCUT2D eigenvalue weighted by molar-refractivity contribution is 5.46. The quantitative estimate of drug-likeness (QED) is 0.845. The van der Waals surface area contributed by atoms with Crippen LogP contribution in [-0.4, -0.2) is 24.8 Å². The number of benzene rings is 1. The number of hydrogen-bond donors (Lipinski definition) is 1. The van der Waals surface area contributed by atoms with Crippen molar-refractivity contribution in [1.29, 1.82) is 0 Å². The van der Waals surface area contributed by atoms with Crippen molar-refractivity contribution >= 4 is 5.69 Å². The van der Waals surface area contributed by atoms with Crippen LogP contribution in [-0.2, 0) is 0 Å². The van der Waals surface area contributed by atoms with Gasteiger partial charge in [-0.2, -0.15) is 0 Å². The van der Waals surface area contributed by atoms with E-state index in [9.17, 15) is 5.11 Å². The maximum Gasteiger partial charge on any atom is 0.0579 e. The summed E-state index contributed by atoms with van der Waals surface area (Å²) in [4.78, 5) is 2.19. The van der Waals surface area contributed by atoms with Gasteiger partial charge < -0.3 is 10.0 Å². The zero-order valence-corrected chi connectivity index (χ0v) is 11.0. The largest absolute Gasteiger partial charge is 0.393 e. The van der Waals surface area contributed by atoms with E-state index >= 15 is 0 Å². The second-order valence-corrected chi connectivity index (χ2v) is 5.36. The topological polar surface area (TPSA) is 23.5 Å². The van der Waals surface area contributed by atoms with Crippen molar-refractivity contribution in [3.63, 3.8) is 0 Å². The Hall–Kier alpha value is -1.02. The van der Waals surface area contributed by atoms with Crippen LogP contribution < -0.4 is 4.90 Å². The molecule has 0 saturated carbocycles. The van der Waals surface area contributed by atoms with E-state index in [4.69, 9.17) is 0 Å². The molecule has 0 radical (unpaired) electrons. The summed E-state index contributed by atoms with van der Waals surface area (Å²) in [5.41, 5.74) is 2.37. The standard InChI is InChI=1S/C14H23NO/c1-11-6-8-13(9-7-11)15(5)10-14(3,4)12(2)16/h6-9,12,16H,10H2,1-5H3. The monoisotopic (exact) mass is 221 g/mol. The Balaban J connectivity index is 2.72. The zero-order valence-electron chi connectivity index (χ0n) is 11.0. The average molecular weight is 221 g/mol. The van der Waals surface area contributed by atoms with Crippen LogP contribution in [0.1, 0.15) is 26.3 Å². The summed E-state index contributed by atoms with van der Waals surface area (Å²) in [6, 6.07) is 8.46. The molecule has 16 heavy (non-hydrogen) atoms. The van der Waals surface area contributed by atoms with Crippen molar-refractivity contribution < 1.29 is 5.11 Å². The second-order valence-electron chi connectivity index (χ2n) is 5.36. The maximum absolute atomic E-state index is 9.69. The van der Waals surface area contributed by atoms with E-state index in [2.05, 4.69) is 57.0 Å². The minimum absolute atomic E-state index is 0.0976. The Morgan fingerprint density at radius 3 is 2.19 bits per heavy atom. The van der Waals surface area contributed by atoms with Gasteiger partial charge in [-0.1, -0.05) is 31.5 Å². The van der Waals surface area contributed by atoms with Crippen molar-refractivity contribution in [2.24, 2.45) is 5.41 Å². The third-order valence-corrected chi connectivity index (χ3v) is 3.25. The first-order chi connectivity index (χ1) is 7.33. The first kappa shape index (κ1) is 13.0. The molecule has 2 nitrogen and oxygen atoms in total. The number of rotatable bonds is 4. The van der Waals surface area contributed by atoms with Gasteiger partial charge in [0.05, 0.1) is 6.10 Å². The van der Waals surface area contributed by atoms with Crippen molar-refractivity contribution in [3.05, 3.63) is 29.8 Å². The molecular formula is C14H23NO. The molecule has 1 aromatic carbocycles. The lowest BCUT2D eigenvalue weighted by Gasteiger charge is -2.34. The molecule has 1 N–H and O–H groups in total. The normalized spacial score (nSPS) is 13.6. The fraction of sp³-hybridized carbons (Fsp3) is 0.571. The SMILES string of the molecule is Cc1ccc(N(C)CC(C)(C)C(C)O)cc1.